The lowest BCUT2D eigenvalue weighted by atomic mass is 9.86. The number of pyridine rings is 1. The summed E-state index contributed by atoms with van der Waals surface area (Å²) in [6.45, 7) is 13.3. The summed E-state index contributed by atoms with van der Waals surface area (Å²) in [5.41, 5.74) is 8.57. The van der Waals surface area contributed by atoms with Crippen LogP contribution >= 0.6 is 0 Å². The Morgan fingerprint density at radius 3 is 2.38 bits per heavy atom. The summed E-state index contributed by atoms with van der Waals surface area (Å²) in [6, 6.07) is 21.3. The average molecular weight is 341 g/mol. The lowest BCUT2D eigenvalue weighted by Gasteiger charge is -2.20. The van der Waals surface area contributed by atoms with Gasteiger partial charge in [0.25, 0.3) is 0 Å². The van der Waals surface area contributed by atoms with Crippen molar-refractivity contribution in [3.05, 3.63) is 95.8 Å². The summed E-state index contributed by atoms with van der Waals surface area (Å²) in [5.74, 6) is 0. The molecule has 0 bridgehead atoms. The topological polar surface area (TPSA) is 12.9 Å². The number of aromatic nitrogens is 1. The van der Waals surface area contributed by atoms with Crippen LogP contribution in [0.1, 0.15) is 43.2 Å². The Morgan fingerprint density at radius 1 is 0.962 bits per heavy atom. The molecule has 1 heterocycles. The smallest absolute Gasteiger partial charge is 0.0450 e. The van der Waals surface area contributed by atoms with Gasteiger partial charge in [0.2, 0.25) is 0 Å². The van der Waals surface area contributed by atoms with E-state index in [0.29, 0.717) is 0 Å². The number of benzene rings is 2. The van der Waals surface area contributed by atoms with Gasteiger partial charge < -0.3 is 0 Å². The van der Waals surface area contributed by atoms with E-state index in [-0.39, 0.29) is 5.41 Å². The van der Waals surface area contributed by atoms with Gasteiger partial charge in [-0.2, -0.15) is 0 Å². The quantitative estimate of drug-likeness (QED) is 0.520. The first-order valence-electron chi connectivity index (χ1n) is 9.15. The van der Waals surface area contributed by atoms with E-state index < -0.39 is 0 Å². The van der Waals surface area contributed by atoms with Crippen molar-refractivity contribution >= 4 is 5.57 Å². The van der Waals surface area contributed by atoms with E-state index in [1.807, 2.05) is 6.20 Å². The molecule has 3 aromatic rings. The fourth-order valence-electron chi connectivity index (χ4n) is 3.34. The Bertz CT molecular complexity index is 914. The minimum absolute atomic E-state index is 0.122. The average Bonchev–Trinajstić information content (AvgIpc) is 2.61. The summed E-state index contributed by atoms with van der Waals surface area (Å²) in [5, 5.41) is 0. The predicted octanol–water partition coefficient (Wildman–Crippen LogP) is 6.61. The van der Waals surface area contributed by atoms with E-state index in [2.05, 4.69) is 99.9 Å². The van der Waals surface area contributed by atoms with Gasteiger partial charge in [-0.05, 0) is 57.9 Å². The van der Waals surface area contributed by atoms with Gasteiger partial charge in [0.15, 0.2) is 0 Å². The molecule has 0 amide bonds. The highest BCUT2D eigenvalue weighted by atomic mass is 14.7. The molecule has 0 spiro atoms. The molecule has 3 rings (SSSR count). The second kappa shape index (κ2) is 7.29. The summed E-state index contributed by atoms with van der Waals surface area (Å²) < 4.78 is 0. The van der Waals surface area contributed by atoms with Gasteiger partial charge >= 0.3 is 0 Å². The van der Waals surface area contributed by atoms with Crippen molar-refractivity contribution in [1.82, 2.24) is 4.98 Å². The Labute approximate surface area is 157 Å². The molecule has 1 heteroatoms. The van der Waals surface area contributed by atoms with Crippen molar-refractivity contribution in [2.75, 3.05) is 0 Å². The first kappa shape index (κ1) is 18.1. The largest absolute Gasteiger partial charge is 0.261 e. The molecule has 132 valence electrons. The van der Waals surface area contributed by atoms with Crippen LogP contribution in [0.25, 0.3) is 16.7 Å². The maximum Gasteiger partial charge on any atom is 0.0450 e. The molecule has 26 heavy (non-hydrogen) atoms. The van der Waals surface area contributed by atoms with E-state index in [1.54, 1.807) is 0 Å². The lowest BCUT2D eigenvalue weighted by molar-refractivity contribution is 0.588. The van der Waals surface area contributed by atoms with Gasteiger partial charge in [-0.15, -0.1) is 0 Å². The Kier molecular flexibility index (Phi) is 5.08. The second-order valence-corrected chi connectivity index (χ2v) is 7.93. The Balaban J connectivity index is 1.97. The third-order valence-electron chi connectivity index (χ3n) is 4.79. The SMILES string of the molecule is C=C(Cc1cc(C(C)(C)C)ccn1)c1c(C)cccc1-c1ccccc1. The maximum atomic E-state index is 4.59. The van der Waals surface area contributed by atoms with Crippen LogP contribution in [-0.4, -0.2) is 4.98 Å². The highest BCUT2D eigenvalue weighted by Crippen LogP contribution is 2.32. The van der Waals surface area contributed by atoms with Crippen molar-refractivity contribution in [3.8, 4) is 11.1 Å². The number of aryl methyl sites for hydroxylation is 1. The molecule has 0 aliphatic carbocycles. The van der Waals surface area contributed by atoms with Crippen LogP contribution in [0.5, 0.6) is 0 Å². The van der Waals surface area contributed by atoms with Gasteiger partial charge in [-0.25, -0.2) is 0 Å². The fourth-order valence-corrected chi connectivity index (χ4v) is 3.34. The van der Waals surface area contributed by atoms with E-state index in [0.717, 1.165) is 17.7 Å². The van der Waals surface area contributed by atoms with E-state index in [9.17, 15) is 0 Å². The zero-order valence-electron chi connectivity index (χ0n) is 16.2. The van der Waals surface area contributed by atoms with Crippen molar-refractivity contribution < 1.29 is 0 Å². The predicted molar refractivity (Wildman–Crippen MR) is 112 cm³/mol. The zero-order chi connectivity index (χ0) is 18.7. The van der Waals surface area contributed by atoms with Gasteiger partial charge in [0, 0.05) is 18.3 Å². The van der Waals surface area contributed by atoms with Crippen LogP contribution in [0.3, 0.4) is 0 Å². The molecule has 0 N–H and O–H groups in total. The van der Waals surface area contributed by atoms with Crippen LogP contribution in [-0.2, 0) is 11.8 Å². The van der Waals surface area contributed by atoms with Gasteiger partial charge in [-0.1, -0.05) is 75.9 Å². The van der Waals surface area contributed by atoms with E-state index >= 15 is 0 Å². The molecule has 0 unspecified atom stereocenters. The summed E-state index contributed by atoms with van der Waals surface area (Å²) >= 11 is 0. The van der Waals surface area contributed by atoms with Crippen molar-refractivity contribution in [2.24, 2.45) is 0 Å². The molecule has 2 aromatic carbocycles. The maximum absolute atomic E-state index is 4.59. The van der Waals surface area contributed by atoms with Crippen molar-refractivity contribution in [2.45, 2.75) is 39.5 Å². The summed E-state index contributed by atoms with van der Waals surface area (Å²) in [6.07, 6.45) is 2.67. The highest BCUT2D eigenvalue weighted by molar-refractivity contribution is 5.83. The molecule has 1 aromatic heterocycles. The highest BCUT2D eigenvalue weighted by Gasteiger charge is 2.16. The Hall–Kier alpha value is -2.67. The van der Waals surface area contributed by atoms with Crippen molar-refractivity contribution in [1.29, 1.82) is 0 Å². The fraction of sp³-hybridized carbons (Fsp3) is 0.240. The molecule has 0 aliphatic heterocycles. The molecular formula is C25H27N. The molecule has 0 aliphatic rings. The van der Waals surface area contributed by atoms with E-state index in [1.165, 1.54) is 27.8 Å². The molecular weight excluding hydrogens is 314 g/mol. The zero-order valence-corrected chi connectivity index (χ0v) is 16.2. The van der Waals surface area contributed by atoms with Crippen LogP contribution < -0.4 is 0 Å². The molecule has 0 saturated heterocycles. The van der Waals surface area contributed by atoms with Gasteiger partial charge in [0.05, 0.1) is 0 Å². The first-order valence-corrected chi connectivity index (χ1v) is 9.15. The second-order valence-electron chi connectivity index (χ2n) is 7.93. The summed E-state index contributed by atoms with van der Waals surface area (Å²) in [4.78, 5) is 4.59. The number of allylic oxidation sites excluding steroid dienone is 1. The van der Waals surface area contributed by atoms with Crippen LogP contribution in [0.4, 0.5) is 0 Å². The molecule has 1 nitrogen and oxygen atoms in total. The van der Waals surface area contributed by atoms with Crippen LogP contribution in [0, 0.1) is 6.92 Å². The number of rotatable bonds is 4. The third kappa shape index (κ3) is 3.94. The van der Waals surface area contributed by atoms with Crippen molar-refractivity contribution in [3.63, 3.8) is 0 Å². The van der Waals surface area contributed by atoms with Crippen LogP contribution in [0.15, 0.2) is 73.4 Å². The summed E-state index contributed by atoms with van der Waals surface area (Å²) in [7, 11) is 0. The minimum Gasteiger partial charge on any atom is -0.261 e. The molecule has 0 atom stereocenters. The molecule has 0 fully saturated rings. The van der Waals surface area contributed by atoms with Gasteiger partial charge in [-0.3, -0.25) is 4.98 Å². The number of hydrogen-bond acceptors (Lipinski definition) is 1. The third-order valence-corrected chi connectivity index (χ3v) is 4.79. The van der Waals surface area contributed by atoms with Gasteiger partial charge in [0.1, 0.15) is 0 Å². The first-order chi connectivity index (χ1) is 12.4. The molecule has 0 saturated carbocycles. The lowest BCUT2D eigenvalue weighted by Crippen LogP contribution is -2.12. The monoisotopic (exact) mass is 341 g/mol. The Morgan fingerprint density at radius 2 is 1.69 bits per heavy atom. The van der Waals surface area contributed by atoms with Crippen LogP contribution in [0.2, 0.25) is 0 Å². The van der Waals surface area contributed by atoms with E-state index in [4.69, 9.17) is 0 Å². The normalized spacial score (nSPS) is 11.4. The minimum atomic E-state index is 0.122. The number of hydrogen-bond donors (Lipinski definition) is 0. The molecule has 0 radical (unpaired) electrons. The number of nitrogens with zero attached hydrogens (tertiary/aromatic N) is 1. The standard InChI is InChI=1S/C25H27N/c1-18-10-9-13-23(20-11-7-6-8-12-20)24(18)19(2)16-22-17-21(14-15-26-22)25(3,4)5/h6-15,17H,2,16H2,1,3-5H3.